The lowest BCUT2D eigenvalue weighted by atomic mass is 9.86. The predicted octanol–water partition coefficient (Wildman–Crippen LogP) is 3.69. The maximum atomic E-state index is 11.8. The van der Waals surface area contributed by atoms with Crippen molar-refractivity contribution in [2.75, 3.05) is 5.32 Å². The number of carboxylic acid groups (broad SMARTS) is 1. The highest BCUT2D eigenvalue weighted by Gasteiger charge is 2.23. The first kappa shape index (κ1) is 23.5. The van der Waals surface area contributed by atoms with E-state index in [4.69, 9.17) is 17.2 Å². The van der Waals surface area contributed by atoms with Gasteiger partial charge in [0.05, 0.1) is 5.56 Å². The summed E-state index contributed by atoms with van der Waals surface area (Å²) < 4.78 is 0. The molecule has 1 heterocycles. The number of aryl methyl sites for hydroxylation is 1. The van der Waals surface area contributed by atoms with Crippen LogP contribution in [0, 0.1) is 12.8 Å². The minimum atomic E-state index is -1.02. The fourth-order valence-electron chi connectivity index (χ4n) is 4.10. The third-order valence-electron chi connectivity index (χ3n) is 5.77. The highest BCUT2D eigenvalue weighted by atomic mass is 32.1. The molecule has 1 aromatic carbocycles. The van der Waals surface area contributed by atoms with Crippen LogP contribution in [0.1, 0.15) is 53.6 Å². The van der Waals surface area contributed by atoms with Gasteiger partial charge < -0.3 is 22.3 Å². The maximum Gasteiger partial charge on any atom is 0.320 e. The second kappa shape index (κ2) is 9.97. The number of nitrogens with one attached hydrogen (secondary N) is 1. The first-order chi connectivity index (χ1) is 15.2. The second-order valence-corrected chi connectivity index (χ2v) is 9.11. The van der Waals surface area contributed by atoms with E-state index in [1.165, 1.54) is 11.3 Å². The van der Waals surface area contributed by atoms with Crippen LogP contribution in [0.4, 0.5) is 9.80 Å². The molecule has 3 rings (SSSR count). The molecule has 1 aliphatic rings. The van der Waals surface area contributed by atoms with E-state index in [9.17, 15) is 19.5 Å². The van der Waals surface area contributed by atoms with Gasteiger partial charge in [0.1, 0.15) is 11.0 Å². The lowest BCUT2D eigenvalue weighted by Crippen LogP contribution is -2.29. The Bertz CT molecular complexity index is 1070. The third kappa shape index (κ3) is 5.35. The van der Waals surface area contributed by atoms with Crippen LogP contribution in [-0.4, -0.2) is 29.1 Å². The summed E-state index contributed by atoms with van der Waals surface area (Å²) in [4.78, 5) is 35.1. The SMILES string of the molecule is Cc1ccc(-c2cc(C(N)=O)c(NC(N)=O)s2)cc1C(=CCC(N)C(=O)O)C1CCCC1. The molecule has 1 aliphatic carbocycles. The van der Waals surface area contributed by atoms with Crippen molar-refractivity contribution < 1.29 is 19.5 Å². The predicted molar refractivity (Wildman–Crippen MR) is 126 cm³/mol. The van der Waals surface area contributed by atoms with Crippen LogP contribution in [0.25, 0.3) is 16.0 Å². The van der Waals surface area contributed by atoms with Crippen molar-refractivity contribution in [1.29, 1.82) is 0 Å². The van der Waals surface area contributed by atoms with Crippen LogP contribution in [0.3, 0.4) is 0 Å². The monoisotopic (exact) mass is 456 g/mol. The van der Waals surface area contributed by atoms with Crippen LogP contribution in [0.2, 0.25) is 0 Å². The smallest absolute Gasteiger partial charge is 0.320 e. The van der Waals surface area contributed by atoms with Crippen LogP contribution >= 0.6 is 11.3 Å². The topological polar surface area (TPSA) is 162 Å². The van der Waals surface area contributed by atoms with Crippen LogP contribution in [0.5, 0.6) is 0 Å². The fourth-order valence-corrected chi connectivity index (χ4v) is 5.16. The van der Waals surface area contributed by atoms with E-state index in [0.717, 1.165) is 52.8 Å². The molecule has 1 fully saturated rings. The molecule has 1 aromatic heterocycles. The number of carbonyl (C=O) groups is 3. The molecule has 8 N–H and O–H groups in total. The van der Waals surface area contributed by atoms with Crippen molar-refractivity contribution >= 4 is 39.8 Å². The number of anilines is 1. The Balaban J connectivity index is 2.04. The summed E-state index contributed by atoms with van der Waals surface area (Å²) in [6.07, 6.45) is 6.60. The van der Waals surface area contributed by atoms with Gasteiger partial charge >= 0.3 is 12.0 Å². The number of amides is 3. The zero-order valence-corrected chi connectivity index (χ0v) is 18.7. The molecule has 1 atom stereocenters. The molecule has 170 valence electrons. The minimum absolute atomic E-state index is 0.199. The summed E-state index contributed by atoms with van der Waals surface area (Å²) in [5, 5.41) is 11.9. The van der Waals surface area contributed by atoms with Gasteiger partial charge in [-0.1, -0.05) is 31.1 Å². The van der Waals surface area contributed by atoms with Crippen LogP contribution in [0.15, 0.2) is 30.3 Å². The lowest BCUT2D eigenvalue weighted by molar-refractivity contribution is -0.138. The van der Waals surface area contributed by atoms with Crippen molar-refractivity contribution in [3.63, 3.8) is 0 Å². The number of thiophene rings is 1. The van der Waals surface area contributed by atoms with Gasteiger partial charge in [0.25, 0.3) is 5.91 Å². The molecule has 3 amide bonds. The molecule has 0 aliphatic heterocycles. The Kier molecular flexibility index (Phi) is 7.32. The summed E-state index contributed by atoms with van der Waals surface area (Å²) in [5.74, 6) is -1.33. The third-order valence-corrected chi connectivity index (χ3v) is 6.87. The Hall–Kier alpha value is -3.17. The molecular weight excluding hydrogens is 428 g/mol. The summed E-state index contributed by atoms with van der Waals surface area (Å²) >= 11 is 1.22. The second-order valence-electron chi connectivity index (χ2n) is 8.06. The lowest BCUT2D eigenvalue weighted by Gasteiger charge is -2.19. The van der Waals surface area contributed by atoms with E-state index in [0.29, 0.717) is 10.9 Å². The fraction of sp³-hybridized carbons (Fsp3) is 0.348. The first-order valence-corrected chi connectivity index (χ1v) is 11.3. The summed E-state index contributed by atoms with van der Waals surface area (Å²) in [5.41, 5.74) is 20.7. The zero-order valence-electron chi connectivity index (χ0n) is 17.9. The van der Waals surface area contributed by atoms with Gasteiger partial charge in [-0.2, -0.15) is 0 Å². The molecule has 8 nitrogen and oxygen atoms in total. The molecule has 1 saturated carbocycles. The molecule has 32 heavy (non-hydrogen) atoms. The molecule has 1 unspecified atom stereocenters. The van der Waals surface area contributed by atoms with E-state index in [2.05, 4.69) is 5.32 Å². The highest BCUT2D eigenvalue weighted by Crippen LogP contribution is 2.41. The van der Waals surface area contributed by atoms with Crippen LogP contribution < -0.4 is 22.5 Å². The normalized spacial score (nSPS) is 15.5. The Morgan fingerprint density at radius 1 is 1.19 bits per heavy atom. The molecular formula is C23H28N4O4S. The molecule has 0 spiro atoms. The molecule has 2 aromatic rings. The average Bonchev–Trinajstić information content (AvgIpc) is 3.39. The van der Waals surface area contributed by atoms with Crippen molar-refractivity contribution in [2.24, 2.45) is 23.1 Å². The van der Waals surface area contributed by atoms with E-state index in [1.54, 1.807) is 6.07 Å². The number of hydrogen-bond acceptors (Lipinski definition) is 5. The van der Waals surface area contributed by atoms with Crippen molar-refractivity contribution in [3.05, 3.63) is 47.0 Å². The van der Waals surface area contributed by atoms with Gasteiger partial charge in [0.15, 0.2) is 0 Å². The summed E-state index contributed by atoms with van der Waals surface area (Å²) in [7, 11) is 0. The maximum absolute atomic E-state index is 11.8. The van der Waals surface area contributed by atoms with E-state index >= 15 is 0 Å². The number of carbonyl (C=O) groups excluding carboxylic acids is 2. The number of carboxylic acids is 1. The number of primary amides is 2. The highest BCUT2D eigenvalue weighted by molar-refractivity contribution is 7.20. The number of urea groups is 1. The summed E-state index contributed by atoms with van der Waals surface area (Å²) in [6.45, 7) is 2.02. The van der Waals surface area contributed by atoms with E-state index < -0.39 is 23.9 Å². The number of nitrogens with two attached hydrogens (primary N) is 3. The van der Waals surface area contributed by atoms with Gasteiger partial charge in [0.2, 0.25) is 0 Å². The minimum Gasteiger partial charge on any atom is -0.480 e. The van der Waals surface area contributed by atoms with Crippen molar-refractivity contribution in [3.8, 4) is 10.4 Å². The number of rotatable bonds is 8. The quantitative estimate of drug-likeness (QED) is 0.408. The summed E-state index contributed by atoms with van der Waals surface area (Å²) in [6, 6.07) is 5.90. The van der Waals surface area contributed by atoms with E-state index in [-0.39, 0.29) is 12.0 Å². The van der Waals surface area contributed by atoms with Gasteiger partial charge in [-0.3, -0.25) is 14.9 Å². The van der Waals surface area contributed by atoms with Gasteiger partial charge in [-0.05, 0) is 66.5 Å². The molecule has 0 saturated heterocycles. The Labute approximate surface area is 190 Å². The molecule has 9 heteroatoms. The number of benzene rings is 1. The Morgan fingerprint density at radius 3 is 2.47 bits per heavy atom. The van der Waals surface area contributed by atoms with Crippen LogP contribution in [-0.2, 0) is 4.79 Å². The standard InChI is InChI=1S/C23H28N4O4S/c1-12-6-7-14(19-11-17(20(25)28)21(32-19)27-23(26)31)10-16(12)15(13-4-2-3-5-13)8-9-18(24)22(29)30/h6-8,10-11,13,18H,2-5,9,24H2,1H3,(H2,25,28)(H,29,30)(H3,26,27,31). The van der Waals surface area contributed by atoms with Gasteiger partial charge in [-0.25, -0.2) is 4.79 Å². The Morgan fingerprint density at radius 2 is 1.88 bits per heavy atom. The van der Waals surface area contributed by atoms with Crippen molar-refractivity contribution in [2.45, 2.75) is 45.1 Å². The van der Waals surface area contributed by atoms with Gasteiger partial charge in [0, 0.05) is 4.88 Å². The van der Waals surface area contributed by atoms with E-state index in [1.807, 2.05) is 31.2 Å². The molecule has 0 bridgehead atoms. The first-order valence-electron chi connectivity index (χ1n) is 10.5. The number of hydrogen-bond donors (Lipinski definition) is 5. The number of aliphatic carboxylic acids is 1. The van der Waals surface area contributed by atoms with Gasteiger partial charge in [-0.15, -0.1) is 11.3 Å². The van der Waals surface area contributed by atoms with Crippen molar-refractivity contribution in [1.82, 2.24) is 0 Å². The largest absolute Gasteiger partial charge is 0.480 e. The average molecular weight is 457 g/mol. The zero-order chi connectivity index (χ0) is 23.4. The molecule has 0 radical (unpaired) electrons. The number of allylic oxidation sites excluding steroid dienone is 1.